The Hall–Kier alpha value is -1.37. The van der Waals surface area contributed by atoms with Gasteiger partial charge in [0.15, 0.2) is 6.10 Å². The highest BCUT2D eigenvalue weighted by molar-refractivity contribution is 7.47. The fraction of sp³-hybridized carbons (Fsp3) is 0.867. The van der Waals surface area contributed by atoms with Crippen LogP contribution in [0.5, 0.6) is 0 Å². The van der Waals surface area contributed by atoms with Crippen LogP contribution in [-0.4, -0.2) is 109 Å². The molecule has 1 aliphatic carbocycles. The van der Waals surface area contributed by atoms with Gasteiger partial charge in [0, 0.05) is 25.7 Å². The second-order valence-electron chi connectivity index (χ2n) is 12.5. The Morgan fingerprint density at radius 1 is 1.00 bits per heavy atom. The number of unbranched alkanes of at least 4 members (excludes halogenated alkanes) is 5. The number of phosphoric ester groups is 1. The predicted octanol–water partition coefficient (Wildman–Crippen LogP) is 3.50. The first-order valence-corrected chi connectivity index (χ1v) is 17.1. The van der Waals surface area contributed by atoms with Gasteiger partial charge in [-0.25, -0.2) is 4.57 Å². The molecule has 0 radical (unpaired) electrons. The fourth-order valence-electron chi connectivity index (χ4n) is 4.95. The number of carbonyl (C=O) groups is 2. The van der Waals surface area contributed by atoms with Crippen molar-refractivity contribution in [3.8, 4) is 0 Å². The third kappa shape index (κ3) is 18.9. The van der Waals surface area contributed by atoms with E-state index in [1.165, 1.54) is 6.92 Å². The summed E-state index contributed by atoms with van der Waals surface area (Å²) >= 11 is 0. The van der Waals surface area contributed by atoms with Gasteiger partial charge in [0.25, 0.3) is 0 Å². The zero-order valence-electron chi connectivity index (χ0n) is 26.8. The number of likely N-dealkylation sites (N-methyl/N-ethyl adjacent to an activating group) is 1. The maximum absolute atomic E-state index is 12.4. The molecule has 0 amide bonds. The summed E-state index contributed by atoms with van der Waals surface area (Å²) in [7, 11) is 1.33. The number of phosphoric acid groups is 1. The molecule has 4 N–H and O–H groups in total. The van der Waals surface area contributed by atoms with Crippen LogP contribution in [0, 0.1) is 11.8 Å². The van der Waals surface area contributed by atoms with Gasteiger partial charge in [-0.3, -0.25) is 18.6 Å². The summed E-state index contributed by atoms with van der Waals surface area (Å²) in [5.41, 5.74) is 0. The van der Waals surface area contributed by atoms with Crippen LogP contribution in [0.15, 0.2) is 12.2 Å². The number of quaternary nitrogens is 1. The van der Waals surface area contributed by atoms with E-state index in [1.54, 1.807) is 6.08 Å². The lowest BCUT2D eigenvalue weighted by molar-refractivity contribution is -0.870. The van der Waals surface area contributed by atoms with Crippen LogP contribution in [0.25, 0.3) is 0 Å². The van der Waals surface area contributed by atoms with Gasteiger partial charge in [-0.2, -0.15) is 0 Å². The van der Waals surface area contributed by atoms with Gasteiger partial charge >= 0.3 is 19.8 Å². The number of ether oxygens (including phenoxy) is 2. The summed E-state index contributed by atoms with van der Waals surface area (Å²) in [5, 5.41) is 31.1. The average Bonchev–Trinajstić information content (AvgIpc) is 3.17. The Balaban J connectivity index is 2.43. The molecule has 252 valence electrons. The van der Waals surface area contributed by atoms with Gasteiger partial charge in [0.05, 0.1) is 46.1 Å². The molecule has 0 heterocycles. The molecule has 1 unspecified atom stereocenters. The first-order chi connectivity index (χ1) is 20.1. The van der Waals surface area contributed by atoms with Crippen LogP contribution in [0.2, 0.25) is 0 Å². The maximum Gasteiger partial charge on any atom is 0.472 e. The number of carbonyl (C=O) groups excluding carboxylic acids is 2. The molecular weight excluding hydrogens is 581 g/mol. The zero-order chi connectivity index (χ0) is 32.5. The van der Waals surface area contributed by atoms with Crippen molar-refractivity contribution in [3.05, 3.63) is 12.2 Å². The molecule has 0 aromatic carbocycles. The minimum Gasteiger partial charge on any atom is -0.462 e. The van der Waals surface area contributed by atoms with E-state index in [9.17, 15) is 34.4 Å². The smallest absolute Gasteiger partial charge is 0.462 e. The molecule has 0 aromatic rings. The van der Waals surface area contributed by atoms with Gasteiger partial charge in [-0.15, -0.1) is 0 Å². The Kier molecular flexibility index (Phi) is 19.0. The number of esters is 2. The second kappa shape index (κ2) is 20.6. The lowest BCUT2D eigenvalue weighted by Crippen LogP contribution is -2.37. The fourth-order valence-corrected chi connectivity index (χ4v) is 5.69. The predicted molar refractivity (Wildman–Crippen MR) is 162 cm³/mol. The van der Waals surface area contributed by atoms with Crippen molar-refractivity contribution in [2.24, 2.45) is 11.8 Å². The lowest BCUT2D eigenvalue weighted by atomic mass is 9.88. The van der Waals surface area contributed by atoms with E-state index in [0.29, 0.717) is 30.3 Å². The summed E-state index contributed by atoms with van der Waals surface area (Å²) in [6.45, 7) is 2.99. The second-order valence-corrected chi connectivity index (χ2v) is 14.0. The monoisotopic (exact) mass is 638 g/mol. The number of aliphatic hydroxyl groups is 3. The Labute approximate surface area is 257 Å². The minimum atomic E-state index is -4.39. The Morgan fingerprint density at radius 2 is 1.70 bits per heavy atom. The highest BCUT2D eigenvalue weighted by Gasteiger charge is 2.39. The van der Waals surface area contributed by atoms with Crippen molar-refractivity contribution < 1.29 is 57.4 Å². The van der Waals surface area contributed by atoms with Crippen molar-refractivity contribution in [2.75, 3.05) is 47.5 Å². The SMILES string of the molecule is CCCCC[C@H](O)/C=C/[C@@H]1[C@@H](CCCCCCC(=O)O[C@H](COC(C)=O)COP(=O)(O)OCC[N+](C)(C)C)[C@@H](O)C[C@H]1O. The Bertz CT molecular complexity index is 879. The van der Waals surface area contributed by atoms with Crippen LogP contribution in [0.4, 0.5) is 0 Å². The standard InChI is InChI=1S/C30H56NO11P/c1-6-7-10-13-24(33)16-17-27-26(28(34)20-29(27)35)14-11-8-9-12-15-30(36)42-25(21-39-23(2)32)22-41-43(37,38)40-19-18-31(3,4)5/h16-17,24-29,33-35H,6-15,18-22H2,1-5H3/p+1/b17-16+/t24-,25+,26+,27+,28-,29+/m0/s1. The highest BCUT2D eigenvalue weighted by atomic mass is 31.2. The molecule has 43 heavy (non-hydrogen) atoms. The summed E-state index contributed by atoms with van der Waals surface area (Å²) in [6.07, 6.45) is 8.66. The summed E-state index contributed by atoms with van der Waals surface area (Å²) in [6, 6.07) is 0. The molecule has 0 aliphatic heterocycles. The number of hydrogen-bond acceptors (Lipinski definition) is 10. The third-order valence-corrected chi connectivity index (χ3v) is 8.44. The molecule has 1 aliphatic rings. The van der Waals surface area contributed by atoms with Crippen molar-refractivity contribution in [1.82, 2.24) is 0 Å². The number of aliphatic hydroxyl groups excluding tert-OH is 3. The lowest BCUT2D eigenvalue weighted by Gasteiger charge is -2.24. The first kappa shape index (κ1) is 39.7. The molecule has 0 aromatic heterocycles. The maximum atomic E-state index is 12.4. The minimum absolute atomic E-state index is 0.00836. The summed E-state index contributed by atoms with van der Waals surface area (Å²) in [4.78, 5) is 33.6. The topological polar surface area (TPSA) is 169 Å². The molecule has 0 bridgehead atoms. The molecular formula is C30H57NO11P+. The van der Waals surface area contributed by atoms with E-state index < -0.39 is 50.8 Å². The van der Waals surface area contributed by atoms with Crippen LogP contribution >= 0.6 is 7.82 Å². The normalized spacial score (nSPS) is 23.7. The molecule has 7 atom stereocenters. The number of nitrogens with zero attached hydrogens (tertiary/aromatic N) is 1. The van der Waals surface area contributed by atoms with E-state index >= 15 is 0 Å². The van der Waals surface area contributed by atoms with Gasteiger partial charge in [-0.05, 0) is 25.2 Å². The van der Waals surface area contributed by atoms with Crippen LogP contribution < -0.4 is 0 Å². The van der Waals surface area contributed by atoms with Gasteiger partial charge in [0.2, 0.25) is 0 Å². The Morgan fingerprint density at radius 3 is 2.35 bits per heavy atom. The van der Waals surface area contributed by atoms with E-state index in [2.05, 4.69) is 6.92 Å². The average molecular weight is 639 g/mol. The largest absolute Gasteiger partial charge is 0.472 e. The molecule has 1 rings (SSSR count). The number of rotatable bonds is 23. The van der Waals surface area contributed by atoms with Crippen LogP contribution in [-0.2, 0) is 32.7 Å². The van der Waals surface area contributed by atoms with Crippen molar-refractivity contribution in [1.29, 1.82) is 0 Å². The van der Waals surface area contributed by atoms with Gasteiger partial charge in [0.1, 0.15) is 19.8 Å². The van der Waals surface area contributed by atoms with Crippen LogP contribution in [0.3, 0.4) is 0 Å². The highest BCUT2D eigenvalue weighted by Crippen LogP contribution is 2.43. The number of hydrogen-bond donors (Lipinski definition) is 4. The van der Waals surface area contributed by atoms with E-state index in [0.717, 1.165) is 44.9 Å². The summed E-state index contributed by atoms with van der Waals surface area (Å²) in [5.74, 6) is -1.41. The van der Waals surface area contributed by atoms with Crippen molar-refractivity contribution >= 4 is 19.8 Å². The first-order valence-electron chi connectivity index (χ1n) is 15.6. The van der Waals surface area contributed by atoms with E-state index in [4.69, 9.17) is 18.5 Å². The molecule has 0 spiro atoms. The van der Waals surface area contributed by atoms with Crippen molar-refractivity contribution in [3.63, 3.8) is 0 Å². The molecule has 12 nitrogen and oxygen atoms in total. The molecule has 13 heteroatoms. The van der Waals surface area contributed by atoms with E-state index in [-0.39, 0.29) is 31.5 Å². The summed E-state index contributed by atoms with van der Waals surface area (Å²) < 4.78 is 32.9. The molecule has 0 saturated heterocycles. The third-order valence-electron chi connectivity index (χ3n) is 7.45. The van der Waals surface area contributed by atoms with Crippen LogP contribution in [0.1, 0.15) is 84.5 Å². The van der Waals surface area contributed by atoms with Gasteiger partial charge < -0.3 is 34.2 Å². The zero-order valence-corrected chi connectivity index (χ0v) is 27.7. The molecule has 1 fully saturated rings. The van der Waals surface area contributed by atoms with Gasteiger partial charge in [-0.1, -0.05) is 57.6 Å². The van der Waals surface area contributed by atoms with E-state index in [1.807, 2.05) is 27.2 Å². The van der Waals surface area contributed by atoms with Crippen molar-refractivity contribution in [2.45, 2.75) is 109 Å². The quantitative estimate of drug-likeness (QED) is 0.0425. The molecule has 1 saturated carbocycles.